The third kappa shape index (κ3) is 5.19. The number of hydrogen-bond acceptors (Lipinski definition) is 2. The Balaban J connectivity index is 0. The fraction of sp³-hybridized carbons (Fsp3) is 0.727. The zero-order valence-electron chi connectivity index (χ0n) is 10.3. The first-order valence-electron chi connectivity index (χ1n) is 5.04. The van der Waals surface area contributed by atoms with Crippen molar-refractivity contribution in [3.63, 3.8) is 0 Å². The van der Waals surface area contributed by atoms with E-state index in [1.165, 1.54) is 0 Å². The summed E-state index contributed by atoms with van der Waals surface area (Å²) in [7, 11) is 4.11. The van der Waals surface area contributed by atoms with Crippen molar-refractivity contribution >= 4 is 5.97 Å². The molecule has 0 aliphatic carbocycles. The van der Waals surface area contributed by atoms with Gasteiger partial charge in [-0.05, 0) is 13.8 Å². The third-order valence-electron chi connectivity index (χ3n) is 2.54. The molecular weight excluding hydrogens is 214 g/mol. The summed E-state index contributed by atoms with van der Waals surface area (Å²) in [6.45, 7) is 10.3. The van der Waals surface area contributed by atoms with Crippen molar-refractivity contribution in [3.05, 3.63) is 12.2 Å². The summed E-state index contributed by atoms with van der Waals surface area (Å²) in [5, 5.41) is 0. The van der Waals surface area contributed by atoms with Crippen molar-refractivity contribution in [1.82, 2.24) is 0 Å². The number of carbonyl (C=O) groups is 1. The highest BCUT2D eigenvalue weighted by molar-refractivity contribution is 5.86. The van der Waals surface area contributed by atoms with Crippen LogP contribution in [0, 0.1) is 0 Å². The van der Waals surface area contributed by atoms with Crippen LogP contribution in [-0.4, -0.2) is 37.3 Å². The van der Waals surface area contributed by atoms with Crippen LogP contribution in [0.25, 0.3) is 0 Å². The lowest BCUT2D eigenvalue weighted by molar-refractivity contribution is -0.933. The normalized spacial score (nSPS) is 12.6. The summed E-state index contributed by atoms with van der Waals surface area (Å²) >= 11 is 0. The fourth-order valence-electron chi connectivity index (χ4n) is 1.15. The van der Waals surface area contributed by atoms with E-state index in [4.69, 9.17) is 4.74 Å². The molecule has 0 spiro atoms. The van der Waals surface area contributed by atoms with E-state index in [9.17, 15) is 4.79 Å². The summed E-state index contributed by atoms with van der Waals surface area (Å²) < 4.78 is 6.04. The summed E-state index contributed by atoms with van der Waals surface area (Å²) in [6, 6.07) is 0. The van der Waals surface area contributed by atoms with E-state index in [1.807, 2.05) is 6.92 Å². The molecule has 90 valence electrons. The van der Waals surface area contributed by atoms with Crippen LogP contribution in [0.1, 0.15) is 27.2 Å². The molecule has 0 amide bonds. The molecule has 0 aromatic carbocycles. The maximum absolute atomic E-state index is 11.3. The van der Waals surface area contributed by atoms with E-state index in [1.54, 1.807) is 6.92 Å². The van der Waals surface area contributed by atoms with Gasteiger partial charge in [-0.3, -0.25) is 4.48 Å². The highest BCUT2D eigenvalue weighted by atomic mass is 35.5. The number of ether oxygens (including phenoxy) is 1. The van der Waals surface area contributed by atoms with Gasteiger partial charge in [0, 0.05) is 12.0 Å². The average molecular weight is 236 g/mol. The lowest BCUT2D eigenvalue weighted by atomic mass is 10.3. The molecular formula is C11H22ClNO2. The van der Waals surface area contributed by atoms with Crippen molar-refractivity contribution in [2.45, 2.75) is 33.4 Å². The standard InChI is InChI=1S/C11H22NO2.ClH/c1-7-10(12(5,6)8-2)14-11(13)9(3)4;/h10H,3,7-8H2,1-2,4-6H3;1H/q+1;/p-1. The lowest BCUT2D eigenvalue weighted by Crippen LogP contribution is -3.00. The minimum Gasteiger partial charge on any atom is -1.00 e. The topological polar surface area (TPSA) is 26.3 Å². The van der Waals surface area contributed by atoms with Crippen LogP contribution in [0.15, 0.2) is 12.2 Å². The Morgan fingerprint density at radius 3 is 2.13 bits per heavy atom. The van der Waals surface area contributed by atoms with Crippen LogP contribution in [0.3, 0.4) is 0 Å². The molecule has 0 aliphatic rings. The highest BCUT2D eigenvalue weighted by Crippen LogP contribution is 2.13. The predicted octanol–water partition coefficient (Wildman–Crippen LogP) is -1.06. The van der Waals surface area contributed by atoms with Gasteiger partial charge in [0.1, 0.15) is 0 Å². The number of quaternary nitrogens is 1. The molecule has 0 heterocycles. The fourth-order valence-corrected chi connectivity index (χ4v) is 1.15. The van der Waals surface area contributed by atoms with Gasteiger partial charge in [0.05, 0.1) is 20.6 Å². The molecule has 0 bridgehead atoms. The van der Waals surface area contributed by atoms with Gasteiger partial charge in [-0.25, -0.2) is 4.79 Å². The molecule has 0 N–H and O–H groups in total. The van der Waals surface area contributed by atoms with Crippen molar-refractivity contribution in [3.8, 4) is 0 Å². The Labute approximate surface area is 99.1 Å². The van der Waals surface area contributed by atoms with Crippen molar-refractivity contribution < 1.29 is 26.4 Å². The van der Waals surface area contributed by atoms with Gasteiger partial charge in [0.15, 0.2) is 0 Å². The largest absolute Gasteiger partial charge is 1.00 e. The summed E-state index contributed by atoms with van der Waals surface area (Å²) in [4.78, 5) is 11.3. The van der Waals surface area contributed by atoms with Gasteiger partial charge in [-0.15, -0.1) is 0 Å². The Bertz CT molecular complexity index is 227. The Morgan fingerprint density at radius 2 is 1.87 bits per heavy atom. The molecule has 1 atom stereocenters. The molecule has 0 radical (unpaired) electrons. The molecule has 0 saturated heterocycles. The van der Waals surface area contributed by atoms with Gasteiger partial charge in [-0.1, -0.05) is 13.5 Å². The van der Waals surface area contributed by atoms with Gasteiger partial charge < -0.3 is 17.1 Å². The monoisotopic (exact) mass is 235 g/mol. The van der Waals surface area contributed by atoms with E-state index in [0.717, 1.165) is 13.0 Å². The van der Waals surface area contributed by atoms with E-state index in [0.29, 0.717) is 10.1 Å². The molecule has 1 unspecified atom stereocenters. The number of hydrogen-bond donors (Lipinski definition) is 0. The van der Waals surface area contributed by atoms with Gasteiger partial charge in [0.25, 0.3) is 0 Å². The maximum Gasteiger partial charge on any atom is 0.337 e. The van der Waals surface area contributed by atoms with Crippen molar-refractivity contribution in [2.24, 2.45) is 0 Å². The predicted molar refractivity (Wildman–Crippen MR) is 57.6 cm³/mol. The number of carbonyl (C=O) groups excluding carboxylic acids is 1. The maximum atomic E-state index is 11.3. The zero-order valence-corrected chi connectivity index (χ0v) is 11.1. The van der Waals surface area contributed by atoms with Crippen LogP contribution < -0.4 is 12.4 Å². The van der Waals surface area contributed by atoms with Crippen molar-refractivity contribution in [2.75, 3.05) is 20.6 Å². The summed E-state index contributed by atoms with van der Waals surface area (Å²) in [6.07, 6.45) is 0.740. The molecule has 15 heavy (non-hydrogen) atoms. The quantitative estimate of drug-likeness (QED) is 0.263. The first-order chi connectivity index (χ1) is 6.35. The first kappa shape index (κ1) is 16.9. The molecule has 0 aliphatic heterocycles. The molecule has 0 aromatic heterocycles. The number of nitrogens with zero attached hydrogens (tertiary/aromatic N) is 1. The van der Waals surface area contributed by atoms with E-state index >= 15 is 0 Å². The minimum atomic E-state index is -0.295. The van der Waals surface area contributed by atoms with Crippen LogP contribution in [-0.2, 0) is 9.53 Å². The van der Waals surface area contributed by atoms with Gasteiger partial charge in [0.2, 0.25) is 6.23 Å². The SMILES string of the molecule is C=C(C)C(=O)OC(CC)[N+](C)(C)CC.[Cl-]. The van der Waals surface area contributed by atoms with Crippen LogP contribution in [0.4, 0.5) is 0 Å². The van der Waals surface area contributed by atoms with Gasteiger partial charge >= 0.3 is 5.97 Å². The minimum absolute atomic E-state index is 0. The molecule has 0 rings (SSSR count). The first-order valence-corrected chi connectivity index (χ1v) is 5.04. The highest BCUT2D eigenvalue weighted by Gasteiger charge is 2.28. The second-order valence-electron chi connectivity index (χ2n) is 4.14. The Morgan fingerprint density at radius 1 is 1.40 bits per heavy atom. The molecule has 4 heteroatoms. The Hall–Kier alpha value is -0.540. The zero-order chi connectivity index (χ0) is 11.4. The lowest BCUT2D eigenvalue weighted by Gasteiger charge is -2.35. The van der Waals surface area contributed by atoms with Crippen LogP contribution in [0.2, 0.25) is 0 Å². The smallest absolute Gasteiger partial charge is 0.337 e. The second-order valence-corrected chi connectivity index (χ2v) is 4.14. The second kappa shape index (κ2) is 6.85. The third-order valence-corrected chi connectivity index (χ3v) is 2.54. The molecule has 0 saturated carbocycles. The average Bonchev–Trinajstić information content (AvgIpc) is 2.13. The van der Waals surface area contributed by atoms with E-state index in [-0.39, 0.29) is 24.6 Å². The van der Waals surface area contributed by atoms with E-state index < -0.39 is 0 Å². The number of rotatable bonds is 5. The number of halogens is 1. The summed E-state index contributed by atoms with van der Waals surface area (Å²) in [5.41, 5.74) is 0.458. The molecule has 0 aromatic rings. The van der Waals surface area contributed by atoms with Gasteiger partial charge in [-0.2, -0.15) is 0 Å². The van der Waals surface area contributed by atoms with E-state index in [2.05, 4.69) is 27.6 Å². The van der Waals surface area contributed by atoms with Crippen LogP contribution >= 0.6 is 0 Å². The Kier molecular flexibility index (Phi) is 7.71. The molecule has 3 nitrogen and oxygen atoms in total. The van der Waals surface area contributed by atoms with Crippen LogP contribution in [0.5, 0.6) is 0 Å². The number of esters is 1. The molecule has 0 fully saturated rings. The van der Waals surface area contributed by atoms with Crippen molar-refractivity contribution in [1.29, 1.82) is 0 Å². The summed E-state index contributed by atoms with van der Waals surface area (Å²) in [5.74, 6) is -0.295.